The Morgan fingerprint density at radius 1 is 1.00 bits per heavy atom. The van der Waals surface area contributed by atoms with Crippen LogP contribution in [0, 0.1) is 0 Å². The zero-order valence-corrected chi connectivity index (χ0v) is 15.6. The Bertz CT molecular complexity index is 738. The van der Waals surface area contributed by atoms with Gasteiger partial charge in [0.25, 0.3) is 0 Å². The van der Waals surface area contributed by atoms with Gasteiger partial charge < -0.3 is 9.64 Å². The summed E-state index contributed by atoms with van der Waals surface area (Å²) in [7, 11) is 1.63. The third-order valence-corrected chi connectivity index (χ3v) is 5.88. The van der Waals surface area contributed by atoms with E-state index in [1.165, 1.54) is 4.90 Å². The fourth-order valence-corrected chi connectivity index (χ4v) is 4.18. The average Bonchev–Trinajstić information content (AvgIpc) is 3.35. The van der Waals surface area contributed by atoms with Crippen molar-refractivity contribution in [1.82, 2.24) is 9.80 Å². The van der Waals surface area contributed by atoms with Crippen LogP contribution in [0.3, 0.4) is 0 Å². The smallest absolute Gasteiger partial charge is 0.338 e. The molecule has 1 heterocycles. The highest BCUT2D eigenvalue weighted by molar-refractivity contribution is 6.44. The second-order valence-electron chi connectivity index (χ2n) is 7.74. The molecule has 7 nitrogen and oxygen atoms in total. The molecule has 27 heavy (non-hydrogen) atoms. The Morgan fingerprint density at radius 2 is 1.67 bits per heavy atom. The normalized spacial score (nSPS) is 22.0. The maximum atomic E-state index is 12.8. The molecule has 4 rings (SSSR count). The maximum Gasteiger partial charge on any atom is 0.338 e. The van der Waals surface area contributed by atoms with E-state index in [2.05, 4.69) is 0 Å². The molecule has 144 valence electrons. The number of imide groups is 2. The first kappa shape index (κ1) is 18.0. The van der Waals surface area contributed by atoms with Crippen molar-refractivity contribution in [2.75, 3.05) is 13.8 Å². The number of amides is 4. The van der Waals surface area contributed by atoms with Crippen LogP contribution < -0.4 is 9.64 Å². The van der Waals surface area contributed by atoms with Crippen LogP contribution in [0.4, 0.5) is 4.79 Å². The quantitative estimate of drug-likeness (QED) is 0.571. The van der Waals surface area contributed by atoms with Crippen molar-refractivity contribution >= 4 is 17.8 Å². The van der Waals surface area contributed by atoms with Gasteiger partial charge in [0.1, 0.15) is 12.3 Å². The van der Waals surface area contributed by atoms with Crippen molar-refractivity contribution in [3.8, 4) is 5.75 Å². The molecule has 0 bridgehead atoms. The van der Waals surface area contributed by atoms with E-state index in [-0.39, 0.29) is 12.7 Å². The van der Waals surface area contributed by atoms with Crippen molar-refractivity contribution in [2.24, 2.45) is 0 Å². The topological polar surface area (TPSA) is 71.4 Å². The van der Waals surface area contributed by atoms with E-state index in [1.807, 2.05) is 24.3 Å². The minimum atomic E-state index is -0.667. The Labute approximate surface area is 158 Å². The van der Waals surface area contributed by atoms with Crippen molar-refractivity contribution in [3.05, 3.63) is 29.8 Å². The molecule has 1 atom stereocenters. The summed E-state index contributed by atoms with van der Waals surface area (Å²) in [6, 6.07) is 7.74. The highest BCUT2D eigenvalue weighted by Crippen LogP contribution is 2.27. The fourth-order valence-electron chi connectivity index (χ4n) is 4.18. The van der Waals surface area contributed by atoms with Crippen LogP contribution in [0.1, 0.15) is 44.1 Å². The van der Waals surface area contributed by atoms with E-state index in [0.717, 1.165) is 59.6 Å². The number of rotatable bonds is 7. The lowest BCUT2D eigenvalue weighted by Gasteiger charge is -2.25. The largest absolute Gasteiger partial charge is 0.497 e. The summed E-state index contributed by atoms with van der Waals surface area (Å²) in [6.07, 6.45) is 5.80. The molecule has 2 saturated carbocycles. The molecule has 7 heteroatoms. The van der Waals surface area contributed by atoms with E-state index < -0.39 is 17.8 Å². The number of ether oxygens (including phenoxy) is 1. The Hall–Kier alpha value is -2.41. The predicted molar refractivity (Wildman–Crippen MR) is 96.9 cm³/mol. The van der Waals surface area contributed by atoms with Crippen molar-refractivity contribution in [2.45, 2.75) is 57.2 Å². The molecule has 4 amide bonds. The molecule has 3 aliphatic rings. The summed E-state index contributed by atoms with van der Waals surface area (Å²) >= 11 is 0. The van der Waals surface area contributed by atoms with Gasteiger partial charge in [0.15, 0.2) is 6.67 Å². The second-order valence-corrected chi connectivity index (χ2v) is 7.74. The van der Waals surface area contributed by atoms with Crippen LogP contribution in [0.15, 0.2) is 24.3 Å². The maximum absolute atomic E-state index is 12.8. The summed E-state index contributed by atoms with van der Waals surface area (Å²) in [4.78, 5) is 41.2. The number of quaternary nitrogens is 1. The van der Waals surface area contributed by atoms with Crippen LogP contribution in [0.25, 0.3) is 0 Å². The number of nitrogens with zero attached hydrogens (tertiary/aromatic N) is 2. The van der Waals surface area contributed by atoms with Gasteiger partial charge in [-0.15, -0.1) is 0 Å². The van der Waals surface area contributed by atoms with Crippen molar-refractivity contribution < 1.29 is 24.0 Å². The predicted octanol–water partition coefficient (Wildman–Crippen LogP) is 0.933. The SMILES string of the molecule is COc1ccc(C[NH+](CN2C(=O)C(=O)N(C3CCCC3)C2=O)C2CC2)cc1. The summed E-state index contributed by atoms with van der Waals surface area (Å²) in [5.41, 5.74) is 1.12. The lowest BCUT2D eigenvalue weighted by molar-refractivity contribution is -0.931. The number of nitrogens with one attached hydrogen (secondary N) is 1. The monoisotopic (exact) mass is 372 g/mol. The number of methoxy groups -OCH3 is 1. The summed E-state index contributed by atoms with van der Waals surface area (Å²) in [5, 5.41) is 0. The molecule has 1 aliphatic heterocycles. The molecule has 1 aromatic carbocycles. The average molecular weight is 372 g/mol. The Morgan fingerprint density at radius 3 is 2.26 bits per heavy atom. The van der Waals surface area contributed by atoms with Gasteiger partial charge in [-0.3, -0.25) is 14.5 Å². The van der Waals surface area contributed by atoms with E-state index >= 15 is 0 Å². The van der Waals surface area contributed by atoms with E-state index in [4.69, 9.17) is 4.74 Å². The lowest BCUT2D eigenvalue weighted by atomic mass is 10.2. The molecule has 1 saturated heterocycles. The van der Waals surface area contributed by atoms with Crippen molar-refractivity contribution in [1.29, 1.82) is 0 Å². The minimum Gasteiger partial charge on any atom is -0.497 e. The third-order valence-electron chi connectivity index (χ3n) is 5.88. The first-order chi connectivity index (χ1) is 13.1. The third kappa shape index (κ3) is 3.56. The van der Waals surface area contributed by atoms with Crippen LogP contribution >= 0.6 is 0 Å². The van der Waals surface area contributed by atoms with Gasteiger partial charge in [-0.1, -0.05) is 12.8 Å². The van der Waals surface area contributed by atoms with Crippen molar-refractivity contribution in [3.63, 3.8) is 0 Å². The summed E-state index contributed by atoms with van der Waals surface area (Å²) in [5.74, 6) is -0.513. The summed E-state index contributed by atoms with van der Waals surface area (Å²) in [6.45, 7) is 0.965. The van der Waals surface area contributed by atoms with E-state index in [9.17, 15) is 14.4 Å². The standard InChI is InChI=1S/C20H25N3O4/c1-27-17-10-6-14(7-11-17)12-21(15-8-9-15)13-22-18(24)19(25)23(20(22)26)16-4-2-3-5-16/h6-7,10-11,15-16H,2-5,8-9,12-13H2,1H3/p+1. The lowest BCUT2D eigenvalue weighted by Crippen LogP contribution is -3.13. The van der Waals surface area contributed by atoms with Gasteiger partial charge in [0.2, 0.25) is 0 Å². The zero-order valence-electron chi connectivity index (χ0n) is 15.6. The van der Waals surface area contributed by atoms with Gasteiger partial charge in [0, 0.05) is 24.4 Å². The van der Waals surface area contributed by atoms with Crippen LogP contribution in [-0.2, 0) is 16.1 Å². The molecular formula is C20H26N3O4+. The first-order valence-corrected chi connectivity index (χ1v) is 9.75. The molecule has 0 spiro atoms. The van der Waals surface area contributed by atoms with Gasteiger partial charge in [-0.05, 0) is 37.1 Å². The summed E-state index contributed by atoms with van der Waals surface area (Å²) < 4.78 is 5.19. The van der Waals surface area contributed by atoms with Crippen LogP contribution in [-0.4, -0.2) is 53.5 Å². The highest BCUT2D eigenvalue weighted by Gasteiger charge is 2.50. The van der Waals surface area contributed by atoms with Gasteiger partial charge in [0.05, 0.1) is 13.2 Å². The van der Waals surface area contributed by atoms with Crippen LogP contribution in [0.5, 0.6) is 5.75 Å². The van der Waals surface area contributed by atoms with E-state index in [1.54, 1.807) is 7.11 Å². The molecular weight excluding hydrogens is 346 g/mol. The molecule has 1 unspecified atom stereocenters. The zero-order chi connectivity index (χ0) is 19.0. The molecule has 2 aliphatic carbocycles. The molecule has 0 aromatic heterocycles. The highest BCUT2D eigenvalue weighted by atomic mass is 16.5. The number of hydrogen-bond acceptors (Lipinski definition) is 4. The molecule has 1 N–H and O–H groups in total. The second kappa shape index (κ2) is 7.31. The van der Waals surface area contributed by atoms with Gasteiger partial charge in [-0.25, -0.2) is 9.69 Å². The Kier molecular flexibility index (Phi) is 4.86. The number of hydrogen-bond donors (Lipinski definition) is 1. The van der Waals surface area contributed by atoms with Crippen LogP contribution in [0.2, 0.25) is 0 Å². The molecule has 1 aromatic rings. The number of benzene rings is 1. The molecule has 0 radical (unpaired) electrons. The number of carbonyl (C=O) groups is 3. The van der Waals surface area contributed by atoms with E-state index in [0.29, 0.717) is 12.6 Å². The first-order valence-electron chi connectivity index (χ1n) is 9.75. The number of carbonyl (C=O) groups excluding carboxylic acids is 3. The van der Waals surface area contributed by atoms with Gasteiger partial charge in [-0.2, -0.15) is 0 Å². The molecule has 3 fully saturated rings. The minimum absolute atomic E-state index is 0.107. The number of urea groups is 1. The Balaban J connectivity index is 1.47. The van der Waals surface area contributed by atoms with Gasteiger partial charge >= 0.3 is 17.8 Å². The fraction of sp³-hybridized carbons (Fsp3) is 0.550.